The number of alkyl halides is 2. The van der Waals surface area contributed by atoms with E-state index in [0.29, 0.717) is 0 Å². The van der Waals surface area contributed by atoms with Crippen LogP contribution in [0.3, 0.4) is 0 Å². The van der Waals surface area contributed by atoms with Crippen molar-refractivity contribution < 1.29 is 29.0 Å². The minimum absolute atomic E-state index is 0.0894. The maximum atomic E-state index is 11.3. The average Bonchev–Trinajstić information content (AvgIpc) is 2.41. The largest absolute Gasteiger partial charge is 0.478 e. The SMILES string of the molecule is CC(=O)O[C@H]1CC[C@](OC(C)=O)(C(=O)O)C1(Cl)Cl. The summed E-state index contributed by atoms with van der Waals surface area (Å²) in [7, 11) is 0. The lowest BCUT2D eigenvalue weighted by molar-refractivity contribution is -0.179. The molecule has 0 aromatic carbocycles. The fourth-order valence-electron chi connectivity index (χ4n) is 1.93. The third kappa shape index (κ3) is 2.40. The van der Waals surface area contributed by atoms with Gasteiger partial charge >= 0.3 is 17.9 Å². The normalized spacial score (nSPS) is 29.7. The summed E-state index contributed by atoms with van der Waals surface area (Å²) in [6.45, 7) is 2.20. The van der Waals surface area contributed by atoms with Gasteiger partial charge in [0.05, 0.1) is 0 Å². The maximum Gasteiger partial charge on any atom is 0.351 e. The van der Waals surface area contributed by atoms with Crippen molar-refractivity contribution in [1.82, 2.24) is 0 Å². The molecule has 0 spiro atoms. The van der Waals surface area contributed by atoms with Crippen molar-refractivity contribution in [2.24, 2.45) is 0 Å². The molecule has 1 rings (SSSR count). The second-order valence-electron chi connectivity index (χ2n) is 3.99. The van der Waals surface area contributed by atoms with Crippen LogP contribution in [0.1, 0.15) is 26.7 Å². The summed E-state index contributed by atoms with van der Waals surface area (Å²) < 4.78 is 7.62. The zero-order valence-corrected chi connectivity index (χ0v) is 11.2. The Hall–Kier alpha value is -1.01. The Kier molecular flexibility index (Phi) is 4.12. The number of ether oxygens (including phenoxy) is 2. The molecule has 1 fully saturated rings. The molecule has 1 saturated carbocycles. The van der Waals surface area contributed by atoms with Gasteiger partial charge in [-0.3, -0.25) is 9.59 Å². The van der Waals surface area contributed by atoms with E-state index in [-0.39, 0.29) is 12.8 Å². The van der Waals surface area contributed by atoms with Gasteiger partial charge in [-0.05, 0) is 6.42 Å². The number of halogens is 2. The molecule has 0 unspecified atom stereocenters. The number of carbonyl (C=O) groups is 3. The first-order valence-corrected chi connectivity index (χ1v) is 5.87. The summed E-state index contributed by atoms with van der Waals surface area (Å²) in [4.78, 5) is 33.2. The molecule has 0 heterocycles. The van der Waals surface area contributed by atoms with Gasteiger partial charge in [0, 0.05) is 20.3 Å². The lowest BCUT2D eigenvalue weighted by Gasteiger charge is -2.34. The van der Waals surface area contributed by atoms with Gasteiger partial charge in [-0.1, -0.05) is 23.2 Å². The lowest BCUT2D eigenvalue weighted by atomic mass is 10.0. The quantitative estimate of drug-likeness (QED) is 0.623. The van der Waals surface area contributed by atoms with Crippen LogP contribution in [0.5, 0.6) is 0 Å². The number of aliphatic carboxylic acids is 1. The van der Waals surface area contributed by atoms with E-state index in [0.717, 1.165) is 13.8 Å². The molecule has 0 amide bonds. The number of hydrogen-bond donors (Lipinski definition) is 1. The predicted molar refractivity (Wildman–Crippen MR) is 61.4 cm³/mol. The van der Waals surface area contributed by atoms with E-state index >= 15 is 0 Å². The van der Waals surface area contributed by atoms with Crippen LogP contribution in [-0.4, -0.2) is 39.1 Å². The van der Waals surface area contributed by atoms with Crippen LogP contribution < -0.4 is 0 Å². The highest BCUT2D eigenvalue weighted by molar-refractivity contribution is 6.51. The molecule has 102 valence electrons. The first-order chi connectivity index (χ1) is 8.13. The van der Waals surface area contributed by atoms with Crippen LogP contribution in [0.15, 0.2) is 0 Å². The van der Waals surface area contributed by atoms with Crippen molar-refractivity contribution >= 4 is 41.1 Å². The number of carbonyl (C=O) groups excluding carboxylic acids is 2. The zero-order chi connectivity index (χ0) is 14.1. The van der Waals surface area contributed by atoms with Gasteiger partial charge < -0.3 is 14.6 Å². The Morgan fingerprint density at radius 1 is 1.22 bits per heavy atom. The van der Waals surface area contributed by atoms with Crippen LogP contribution in [-0.2, 0) is 23.9 Å². The molecule has 1 aliphatic rings. The van der Waals surface area contributed by atoms with Gasteiger partial charge in [0.2, 0.25) is 9.93 Å². The molecule has 0 aliphatic heterocycles. The van der Waals surface area contributed by atoms with Crippen LogP contribution in [0, 0.1) is 0 Å². The second-order valence-corrected chi connectivity index (χ2v) is 5.37. The standard InChI is InChI=1S/C10H12Cl2O6/c1-5(13)17-7-3-4-9(8(15)16,10(7,11)12)18-6(2)14/h7H,3-4H2,1-2H3,(H,15,16)/t7-,9-/m0/s1. The van der Waals surface area contributed by atoms with Crippen LogP contribution in [0.4, 0.5) is 0 Å². The first kappa shape index (κ1) is 15.0. The van der Waals surface area contributed by atoms with Crippen molar-refractivity contribution in [2.75, 3.05) is 0 Å². The molecule has 0 bridgehead atoms. The fraction of sp³-hybridized carbons (Fsp3) is 0.700. The van der Waals surface area contributed by atoms with E-state index < -0.39 is 33.9 Å². The van der Waals surface area contributed by atoms with Crippen molar-refractivity contribution in [1.29, 1.82) is 0 Å². The second kappa shape index (κ2) is 4.93. The number of esters is 2. The molecule has 8 heteroatoms. The van der Waals surface area contributed by atoms with Crippen molar-refractivity contribution in [2.45, 2.75) is 42.7 Å². The molecule has 0 aromatic heterocycles. The summed E-state index contributed by atoms with van der Waals surface area (Å²) in [5.74, 6) is -2.95. The Balaban J connectivity index is 3.10. The molecule has 1 aliphatic carbocycles. The van der Waals surface area contributed by atoms with E-state index in [4.69, 9.17) is 32.7 Å². The summed E-state index contributed by atoms with van der Waals surface area (Å²) >= 11 is 11.9. The highest BCUT2D eigenvalue weighted by atomic mass is 35.5. The minimum Gasteiger partial charge on any atom is -0.478 e. The zero-order valence-electron chi connectivity index (χ0n) is 9.74. The third-order valence-electron chi connectivity index (χ3n) is 2.67. The molecule has 0 radical (unpaired) electrons. The highest BCUT2D eigenvalue weighted by Crippen LogP contribution is 2.51. The Morgan fingerprint density at radius 2 is 1.78 bits per heavy atom. The van der Waals surface area contributed by atoms with Crippen LogP contribution in [0.25, 0.3) is 0 Å². The number of hydrogen-bond acceptors (Lipinski definition) is 5. The smallest absolute Gasteiger partial charge is 0.351 e. The Morgan fingerprint density at radius 3 is 2.17 bits per heavy atom. The Bertz CT molecular complexity index is 394. The van der Waals surface area contributed by atoms with Crippen molar-refractivity contribution in [3.05, 3.63) is 0 Å². The van der Waals surface area contributed by atoms with E-state index in [1.807, 2.05) is 0 Å². The first-order valence-electron chi connectivity index (χ1n) is 5.11. The van der Waals surface area contributed by atoms with Gasteiger partial charge in [0.1, 0.15) is 6.10 Å². The van der Waals surface area contributed by atoms with Gasteiger partial charge in [-0.25, -0.2) is 4.79 Å². The van der Waals surface area contributed by atoms with Crippen molar-refractivity contribution in [3.63, 3.8) is 0 Å². The number of rotatable bonds is 3. The monoisotopic (exact) mass is 298 g/mol. The number of carboxylic acid groups (broad SMARTS) is 1. The van der Waals surface area contributed by atoms with Crippen LogP contribution in [0.2, 0.25) is 0 Å². The molecular formula is C10H12Cl2O6. The van der Waals surface area contributed by atoms with Gasteiger partial charge in [-0.2, -0.15) is 0 Å². The van der Waals surface area contributed by atoms with E-state index in [2.05, 4.69) is 0 Å². The van der Waals surface area contributed by atoms with Gasteiger partial charge in [-0.15, -0.1) is 0 Å². The topological polar surface area (TPSA) is 89.9 Å². The highest BCUT2D eigenvalue weighted by Gasteiger charge is 2.68. The van der Waals surface area contributed by atoms with E-state index in [9.17, 15) is 19.5 Å². The minimum atomic E-state index is -2.11. The fourth-order valence-corrected chi connectivity index (χ4v) is 2.67. The van der Waals surface area contributed by atoms with Gasteiger partial charge in [0.25, 0.3) is 0 Å². The predicted octanol–water partition coefficient (Wildman–Crippen LogP) is 1.27. The lowest BCUT2D eigenvalue weighted by Crippen LogP contribution is -2.56. The van der Waals surface area contributed by atoms with E-state index in [1.54, 1.807) is 0 Å². The average molecular weight is 299 g/mol. The molecule has 2 atom stereocenters. The maximum absolute atomic E-state index is 11.3. The molecule has 1 N–H and O–H groups in total. The molecular weight excluding hydrogens is 287 g/mol. The Labute approximate surface area is 113 Å². The number of carboxylic acids is 1. The molecule has 0 saturated heterocycles. The third-order valence-corrected chi connectivity index (χ3v) is 3.77. The van der Waals surface area contributed by atoms with Crippen molar-refractivity contribution in [3.8, 4) is 0 Å². The van der Waals surface area contributed by atoms with Crippen LogP contribution >= 0.6 is 23.2 Å². The van der Waals surface area contributed by atoms with E-state index in [1.165, 1.54) is 0 Å². The summed E-state index contributed by atoms with van der Waals surface area (Å²) in [6, 6.07) is 0. The molecule has 0 aromatic rings. The van der Waals surface area contributed by atoms with Gasteiger partial charge in [0.15, 0.2) is 0 Å². The summed E-state index contributed by atoms with van der Waals surface area (Å²) in [5, 5.41) is 9.21. The molecule has 6 nitrogen and oxygen atoms in total. The summed E-state index contributed by atoms with van der Waals surface area (Å²) in [5.41, 5.74) is -2.11. The summed E-state index contributed by atoms with van der Waals surface area (Å²) in [6.07, 6.45) is -1.09. The molecule has 18 heavy (non-hydrogen) atoms.